The first-order valence-electron chi connectivity index (χ1n) is 3.23. The van der Waals surface area contributed by atoms with Crippen LogP contribution in [0, 0.1) is 6.07 Å². The van der Waals surface area contributed by atoms with Crippen molar-refractivity contribution in [2.75, 3.05) is 11.1 Å². The van der Waals surface area contributed by atoms with Crippen molar-refractivity contribution in [2.45, 2.75) is 6.92 Å². The Morgan fingerprint density at radius 1 is 1.64 bits per heavy atom. The third-order valence-electron chi connectivity index (χ3n) is 1.15. The molecule has 3 N–H and O–H groups in total. The van der Waals surface area contributed by atoms with Crippen molar-refractivity contribution in [3.8, 4) is 0 Å². The summed E-state index contributed by atoms with van der Waals surface area (Å²) in [5, 5.41) is 2.58. The standard InChI is InChI=1S/C8H9N2O/c1-6(11)10-8-4-2-7(9)3-5-8/h2-4H,9H2,1H3,(H,10,11). The van der Waals surface area contributed by atoms with Gasteiger partial charge in [0.15, 0.2) is 0 Å². The van der Waals surface area contributed by atoms with Gasteiger partial charge < -0.3 is 11.1 Å². The van der Waals surface area contributed by atoms with Crippen molar-refractivity contribution >= 4 is 17.3 Å². The number of nitrogens with one attached hydrogen (secondary N) is 1. The van der Waals surface area contributed by atoms with E-state index in [9.17, 15) is 4.79 Å². The monoisotopic (exact) mass is 149 g/mol. The minimum atomic E-state index is -0.106. The first kappa shape index (κ1) is 7.60. The highest BCUT2D eigenvalue weighted by Crippen LogP contribution is 2.08. The number of nitrogen functional groups attached to an aromatic ring is 1. The van der Waals surface area contributed by atoms with Gasteiger partial charge in [0.1, 0.15) is 0 Å². The lowest BCUT2D eigenvalue weighted by Crippen LogP contribution is -2.05. The zero-order valence-electron chi connectivity index (χ0n) is 6.22. The van der Waals surface area contributed by atoms with Gasteiger partial charge in [0.25, 0.3) is 0 Å². The van der Waals surface area contributed by atoms with Crippen molar-refractivity contribution in [1.82, 2.24) is 0 Å². The topological polar surface area (TPSA) is 55.1 Å². The Morgan fingerprint density at radius 2 is 2.36 bits per heavy atom. The third-order valence-corrected chi connectivity index (χ3v) is 1.15. The normalized spacial score (nSPS) is 9.18. The lowest BCUT2D eigenvalue weighted by atomic mass is 10.3. The molecule has 0 spiro atoms. The molecule has 1 amide bonds. The summed E-state index contributed by atoms with van der Waals surface area (Å²) in [4.78, 5) is 10.5. The Hall–Kier alpha value is -1.51. The molecule has 0 heterocycles. The molecule has 0 aliphatic rings. The molecule has 3 heteroatoms. The number of rotatable bonds is 1. The number of anilines is 2. The average molecular weight is 149 g/mol. The molecule has 0 bridgehead atoms. The van der Waals surface area contributed by atoms with Crippen LogP contribution in [0.2, 0.25) is 0 Å². The summed E-state index contributed by atoms with van der Waals surface area (Å²) >= 11 is 0. The van der Waals surface area contributed by atoms with Gasteiger partial charge in [-0.3, -0.25) is 4.79 Å². The molecule has 57 valence electrons. The molecule has 1 rings (SSSR count). The zero-order valence-corrected chi connectivity index (χ0v) is 6.22. The summed E-state index contributed by atoms with van der Waals surface area (Å²) < 4.78 is 0. The van der Waals surface area contributed by atoms with Crippen molar-refractivity contribution in [3.05, 3.63) is 24.3 Å². The predicted octanol–water partition coefficient (Wildman–Crippen LogP) is 1.03. The van der Waals surface area contributed by atoms with Gasteiger partial charge in [0.2, 0.25) is 5.91 Å². The summed E-state index contributed by atoms with van der Waals surface area (Å²) in [6.45, 7) is 1.45. The average Bonchev–Trinajstić information content (AvgIpc) is 1.93. The quantitative estimate of drug-likeness (QED) is 0.586. The van der Waals surface area contributed by atoms with E-state index in [4.69, 9.17) is 5.73 Å². The summed E-state index contributed by atoms with van der Waals surface area (Å²) in [5.41, 5.74) is 6.70. The second kappa shape index (κ2) is 3.05. The molecule has 1 aromatic rings. The van der Waals surface area contributed by atoms with Gasteiger partial charge >= 0.3 is 0 Å². The largest absolute Gasteiger partial charge is 0.399 e. The van der Waals surface area contributed by atoms with Gasteiger partial charge in [0, 0.05) is 24.4 Å². The van der Waals surface area contributed by atoms with Gasteiger partial charge in [-0.1, -0.05) is 0 Å². The molecule has 0 atom stereocenters. The number of nitrogens with two attached hydrogens (primary N) is 1. The molecule has 1 aromatic carbocycles. The van der Waals surface area contributed by atoms with Crippen LogP contribution >= 0.6 is 0 Å². The van der Waals surface area contributed by atoms with Crippen LogP contribution in [0.5, 0.6) is 0 Å². The third kappa shape index (κ3) is 2.29. The van der Waals surface area contributed by atoms with Crippen LogP contribution in [0.3, 0.4) is 0 Å². The van der Waals surface area contributed by atoms with E-state index in [0.29, 0.717) is 11.4 Å². The van der Waals surface area contributed by atoms with Gasteiger partial charge in [-0.2, -0.15) is 0 Å². The fourth-order valence-electron chi connectivity index (χ4n) is 0.704. The molecule has 0 saturated heterocycles. The molecular weight excluding hydrogens is 140 g/mol. The lowest BCUT2D eigenvalue weighted by Gasteiger charge is -1.99. The fourth-order valence-corrected chi connectivity index (χ4v) is 0.704. The number of carbonyl (C=O) groups excluding carboxylic acids is 1. The van der Waals surface area contributed by atoms with E-state index in [2.05, 4.69) is 11.4 Å². The summed E-state index contributed by atoms with van der Waals surface area (Å²) in [6.07, 6.45) is 0. The Morgan fingerprint density at radius 3 is 2.82 bits per heavy atom. The van der Waals surface area contributed by atoms with Gasteiger partial charge in [0.05, 0.1) is 0 Å². The van der Waals surface area contributed by atoms with Crippen LogP contribution in [0.4, 0.5) is 11.4 Å². The minimum Gasteiger partial charge on any atom is -0.399 e. The van der Waals surface area contributed by atoms with Gasteiger partial charge in [-0.25, -0.2) is 0 Å². The van der Waals surface area contributed by atoms with Crippen LogP contribution < -0.4 is 11.1 Å². The summed E-state index contributed by atoms with van der Waals surface area (Å²) in [5.74, 6) is -0.106. The van der Waals surface area contributed by atoms with E-state index in [-0.39, 0.29) is 5.91 Å². The van der Waals surface area contributed by atoms with Gasteiger partial charge in [-0.05, 0) is 18.2 Å². The molecule has 0 aliphatic heterocycles. The van der Waals surface area contributed by atoms with Gasteiger partial charge in [-0.15, -0.1) is 0 Å². The number of amides is 1. The number of benzene rings is 1. The highest BCUT2D eigenvalue weighted by molar-refractivity contribution is 5.88. The first-order chi connectivity index (χ1) is 5.18. The predicted molar refractivity (Wildman–Crippen MR) is 44.0 cm³/mol. The lowest BCUT2D eigenvalue weighted by molar-refractivity contribution is -0.114. The first-order valence-corrected chi connectivity index (χ1v) is 3.23. The highest BCUT2D eigenvalue weighted by Gasteiger charge is 1.93. The number of hydrogen-bond donors (Lipinski definition) is 2. The van der Waals surface area contributed by atoms with E-state index in [1.54, 1.807) is 18.2 Å². The minimum absolute atomic E-state index is 0.106. The molecule has 0 saturated carbocycles. The maximum absolute atomic E-state index is 10.5. The summed E-state index contributed by atoms with van der Waals surface area (Å²) in [7, 11) is 0. The van der Waals surface area contributed by atoms with E-state index in [1.807, 2.05) is 0 Å². The fraction of sp³-hybridized carbons (Fsp3) is 0.125. The Kier molecular flexibility index (Phi) is 2.11. The van der Waals surface area contributed by atoms with Crippen molar-refractivity contribution in [2.24, 2.45) is 0 Å². The molecule has 3 nitrogen and oxygen atoms in total. The van der Waals surface area contributed by atoms with Crippen molar-refractivity contribution in [3.63, 3.8) is 0 Å². The van der Waals surface area contributed by atoms with Crippen LogP contribution in [-0.2, 0) is 4.79 Å². The SMILES string of the molecule is CC(=O)Nc1[c]cc(N)cc1. The molecule has 0 unspecified atom stereocenters. The number of hydrogen-bond acceptors (Lipinski definition) is 2. The molecule has 1 radical (unpaired) electrons. The van der Waals surface area contributed by atoms with Crippen LogP contribution in [0.15, 0.2) is 18.2 Å². The molecule has 11 heavy (non-hydrogen) atoms. The second-order valence-corrected chi connectivity index (χ2v) is 2.22. The Labute approximate surface area is 65.2 Å². The van der Waals surface area contributed by atoms with Crippen LogP contribution in [0.1, 0.15) is 6.92 Å². The maximum atomic E-state index is 10.5. The van der Waals surface area contributed by atoms with E-state index < -0.39 is 0 Å². The number of carbonyl (C=O) groups is 1. The Balaban J connectivity index is 2.74. The van der Waals surface area contributed by atoms with E-state index >= 15 is 0 Å². The van der Waals surface area contributed by atoms with Crippen molar-refractivity contribution in [1.29, 1.82) is 0 Å². The zero-order chi connectivity index (χ0) is 8.27. The maximum Gasteiger partial charge on any atom is 0.221 e. The molecule has 0 fully saturated rings. The smallest absolute Gasteiger partial charge is 0.221 e. The second-order valence-electron chi connectivity index (χ2n) is 2.22. The molecular formula is C8H9N2O. The van der Waals surface area contributed by atoms with E-state index in [0.717, 1.165) is 0 Å². The summed E-state index contributed by atoms with van der Waals surface area (Å²) in [6, 6.07) is 7.84. The van der Waals surface area contributed by atoms with Crippen LogP contribution in [0.25, 0.3) is 0 Å². The Bertz CT molecular complexity index is 253. The van der Waals surface area contributed by atoms with Crippen LogP contribution in [-0.4, -0.2) is 5.91 Å². The van der Waals surface area contributed by atoms with Crippen molar-refractivity contribution < 1.29 is 4.79 Å². The highest BCUT2D eigenvalue weighted by atomic mass is 16.1. The van der Waals surface area contributed by atoms with E-state index in [1.165, 1.54) is 6.92 Å². The molecule has 0 aliphatic carbocycles. The molecule has 0 aromatic heterocycles.